The van der Waals surface area contributed by atoms with Gasteiger partial charge in [-0.2, -0.15) is 0 Å². The number of nitrogens with zero attached hydrogens (tertiary/aromatic N) is 2. The summed E-state index contributed by atoms with van der Waals surface area (Å²) in [6.07, 6.45) is 0. The molecular weight excluding hydrogens is 349 g/mol. The Morgan fingerprint density at radius 3 is 2.79 bits per heavy atom. The quantitative estimate of drug-likeness (QED) is 0.702. The largest absolute Gasteiger partial charge is 0.351 e. The average molecular weight is 364 g/mol. The number of amides is 1. The molecule has 7 heteroatoms. The zero-order chi connectivity index (χ0) is 17.1. The highest BCUT2D eigenvalue weighted by atomic mass is 35.5. The fraction of sp³-hybridized carbons (Fsp3) is 0.176. The van der Waals surface area contributed by atoms with Gasteiger partial charge in [-0.05, 0) is 35.9 Å². The Hall–Kier alpha value is -2.05. The molecule has 124 valence electrons. The number of rotatable bonds is 5. The van der Waals surface area contributed by atoms with E-state index in [4.69, 9.17) is 11.6 Å². The first kappa shape index (κ1) is 16.8. The van der Waals surface area contributed by atoms with Gasteiger partial charge in [-0.1, -0.05) is 35.5 Å². The number of benzene rings is 2. The minimum Gasteiger partial charge on any atom is -0.351 e. The molecule has 0 aliphatic rings. The Labute approximate surface area is 148 Å². The van der Waals surface area contributed by atoms with E-state index in [0.717, 1.165) is 21.8 Å². The average Bonchev–Trinajstić information content (AvgIpc) is 2.87. The van der Waals surface area contributed by atoms with Crippen molar-refractivity contribution in [3.63, 3.8) is 0 Å². The van der Waals surface area contributed by atoms with Crippen LogP contribution >= 0.6 is 23.4 Å². The van der Waals surface area contributed by atoms with Crippen molar-refractivity contribution in [1.29, 1.82) is 0 Å². The number of carbonyl (C=O) groups is 1. The zero-order valence-corrected chi connectivity index (χ0v) is 14.5. The Bertz CT molecular complexity index is 879. The number of imidazole rings is 1. The molecule has 0 fully saturated rings. The lowest BCUT2D eigenvalue weighted by Crippen LogP contribution is -2.24. The minimum absolute atomic E-state index is 0.102. The lowest BCUT2D eigenvalue weighted by Gasteiger charge is -2.05. The molecule has 1 N–H and O–H groups in total. The molecule has 1 aromatic heterocycles. The monoisotopic (exact) mass is 363 g/mol. The van der Waals surface area contributed by atoms with Crippen LogP contribution in [-0.2, 0) is 18.4 Å². The van der Waals surface area contributed by atoms with Crippen molar-refractivity contribution >= 4 is 40.3 Å². The van der Waals surface area contributed by atoms with Crippen LogP contribution in [0.4, 0.5) is 4.39 Å². The maximum atomic E-state index is 12.8. The van der Waals surface area contributed by atoms with Gasteiger partial charge in [-0.25, -0.2) is 9.37 Å². The molecule has 24 heavy (non-hydrogen) atoms. The first-order valence-corrected chi connectivity index (χ1v) is 8.65. The molecule has 4 nitrogen and oxygen atoms in total. The number of aryl methyl sites for hydroxylation is 1. The van der Waals surface area contributed by atoms with Gasteiger partial charge in [0, 0.05) is 18.6 Å². The second kappa shape index (κ2) is 7.23. The van der Waals surface area contributed by atoms with Gasteiger partial charge in [0.1, 0.15) is 5.82 Å². The molecule has 0 radical (unpaired) electrons. The standard InChI is InChI=1S/C17H15ClFN3OS/c1-22-15-7-4-12(18)8-14(15)21-17(22)24-10-16(23)20-9-11-2-5-13(19)6-3-11/h2-8H,9-10H2,1H3,(H,20,23). The van der Waals surface area contributed by atoms with E-state index in [1.165, 1.54) is 23.9 Å². The van der Waals surface area contributed by atoms with E-state index < -0.39 is 0 Å². The fourth-order valence-electron chi connectivity index (χ4n) is 2.26. The molecule has 0 aliphatic carbocycles. The van der Waals surface area contributed by atoms with Crippen LogP contribution in [0, 0.1) is 5.82 Å². The van der Waals surface area contributed by atoms with E-state index in [1.807, 2.05) is 23.7 Å². The first-order valence-electron chi connectivity index (χ1n) is 7.29. The summed E-state index contributed by atoms with van der Waals surface area (Å²) in [4.78, 5) is 16.5. The van der Waals surface area contributed by atoms with E-state index in [1.54, 1.807) is 18.2 Å². The molecule has 0 unspecified atom stereocenters. The summed E-state index contributed by atoms with van der Waals surface area (Å²) in [6, 6.07) is 11.6. The summed E-state index contributed by atoms with van der Waals surface area (Å²) in [5, 5.41) is 4.20. The summed E-state index contributed by atoms with van der Waals surface area (Å²) >= 11 is 7.33. The third-order valence-electron chi connectivity index (χ3n) is 3.54. The van der Waals surface area contributed by atoms with Gasteiger partial charge in [0.25, 0.3) is 0 Å². The van der Waals surface area contributed by atoms with Gasteiger partial charge in [0.05, 0.1) is 16.8 Å². The van der Waals surface area contributed by atoms with Gasteiger partial charge in [-0.3, -0.25) is 4.79 Å². The Morgan fingerprint density at radius 2 is 2.04 bits per heavy atom. The van der Waals surface area contributed by atoms with Gasteiger partial charge in [0.2, 0.25) is 5.91 Å². The zero-order valence-electron chi connectivity index (χ0n) is 12.9. The fourth-order valence-corrected chi connectivity index (χ4v) is 3.25. The van der Waals surface area contributed by atoms with E-state index in [0.29, 0.717) is 11.6 Å². The van der Waals surface area contributed by atoms with Crippen LogP contribution in [0.3, 0.4) is 0 Å². The van der Waals surface area contributed by atoms with Crippen molar-refractivity contribution in [3.8, 4) is 0 Å². The molecule has 0 atom stereocenters. The Morgan fingerprint density at radius 1 is 1.29 bits per heavy atom. The van der Waals surface area contributed by atoms with E-state index in [9.17, 15) is 9.18 Å². The Balaban J connectivity index is 1.58. The highest BCUT2D eigenvalue weighted by Crippen LogP contribution is 2.24. The van der Waals surface area contributed by atoms with Crippen LogP contribution in [0.5, 0.6) is 0 Å². The molecule has 1 amide bonds. The number of hydrogen-bond acceptors (Lipinski definition) is 3. The highest BCUT2D eigenvalue weighted by molar-refractivity contribution is 7.99. The molecule has 3 rings (SSSR count). The smallest absolute Gasteiger partial charge is 0.230 e. The molecule has 0 saturated heterocycles. The molecule has 0 aliphatic heterocycles. The minimum atomic E-state index is -0.289. The second-order valence-electron chi connectivity index (χ2n) is 5.28. The van der Waals surface area contributed by atoms with Crippen LogP contribution in [0.2, 0.25) is 5.02 Å². The van der Waals surface area contributed by atoms with Crippen molar-refractivity contribution in [3.05, 3.63) is 58.9 Å². The second-order valence-corrected chi connectivity index (χ2v) is 6.66. The van der Waals surface area contributed by atoms with Crippen molar-refractivity contribution in [2.45, 2.75) is 11.7 Å². The predicted molar refractivity (Wildman–Crippen MR) is 94.7 cm³/mol. The topological polar surface area (TPSA) is 46.9 Å². The molecule has 0 spiro atoms. The maximum Gasteiger partial charge on any atom is 0.230 e. The van der Waals surface area contributed by atoms with Gasteiger partial charge in [0.15, 0.2) is 5.16 Å². The van der Waals surface area contributed by atoms with Crippen LogP contribution in [-0.4, -0.2) is 21.2 Å². The first-order chi connectivity index (χ1) is 11.5. The number of hydrogen-bond donors (Lipinski definition) is 1. The summed E-state index contributed by atoms with van der Waals surface area (Å²) in [5.41, 5.74) is 2.62. The number of carbonyl (C=O) groups excluding carboxylic acids is 1. The summed E-state index contributed by atoms with van der Waals surface area (Å²) in [7, 11) is 1.90. The van der Waals surface area contributed by atoms with Crippen LogP contribution in [0.1, 0.15) is 5.56 Å². The SMILES string of the molecule is Cn1c(SCC(=O)NCc2ccc(F)cc2)nc2cc(Cl)ccc21. The maximum absolute atomic E-state index is 12.8. The molecule has 0 saturated carbocycles. The molecule has 1 heterocycles. The molecule has 3 aromatic rings. The normalized spacial score (nSPS) is 11.0. The van der Waals surface area contributed by atoms with E-state index >= 15 is 0 Å². The highest BCUT2D eigenvalue weighted by Gasteiger charge is 2.11. The predicted octanol–water partition coefficient (Wildman–Crippen LogP) is 3.77. The number of thioether (sulfide) groups is 1. The molecular formula is C17H15ClFN3OS. The lowest BCUT2D eigenvalue weighted by molar-refractivity contribution is -0.118. The van der Waals surface area contributed by atoms with E-state index in [-0.39, 0.29) is 17.5 Å². The summed E-state index contributed by atoms with van der Waals surface area (Å²) in [6.45, 7) is 0.373. The van der Waals surface area contributed by atoms with Gasteiger partial charge >= 0.3 is 0 Å². The van der Waals surface area contributed by atoms with E-state index in [2.05, 4.69) is 10.3 Å². The Kier molecular flexibility index (Phi) is 5.06. The molecule has 2 aromatic carbocycles. The number of nitrogens with one attached hydrogen (secondary N) is 1. The van der Waals surface area contributed by atoms with Crippen molar-refractivity contribution < 1.29 is 9.18 Å². The third-order valence-corrected chi connectivity index (χ3v) is 4.80. The van der Waals surface area contributed by atoms with Gasteiger partial charge < -0.3 is 9.88 Å². The van der Waals surface area contributed by atoms with Crippen LogP contribution < -0.4 is 5.32 Å². The summed E-state index contributed by atoms with van der Waals surface area (Å²) < 4.78 is 14.8. The van der Waals surface area contributed by atoms with Crippen molar-refractivity contribution in [1.82, 2.24) is 14.9 Å². The van der Waals surface area contributed by atoms with Crippen molar-refractivity contribution in [2.75, 3.05) is 5.75 Å². The van der Waals surface area contributed by atoms with Crippen LogP contribution in [0.25, 0.3) is 11.0 Å². The van der Waals surface area contributed by atoms with Crippen LogP contribution in [0.15, 0.2) is 47.6 Å². The molecule has 0 bridgehead atoms. The lowest BCUT2D eigenvalue weighted by atomic mass is 10.2. The number of fused-ring (bicyclic) bond motifs is 1. The third kappa shape index (κ3) is 3.88. The number of halogens is 2. The van der Waals surface area contributed by atoms with Crippen molar-refractivity contribution in [2.24, 2.45) is 7.05 Å². The number of aromatic nitrogens is 2. The van der Waals surface area contributed by atoms with Gasteiger partial charge in [-0.15, -0.1) is 0 Å². The summed E-state index contributed by atoms with van der Waals surface area (Å²) in [5.74, 6) is -0.136.